The Morgan fingerprint density at radius 1 is 0.500 bits per heavy atom. The quantitative estimate of drug-likeness (QED) is 0.272. The highest BCUT2D eigenvalue weighted by atomic mass is 32.1. The van der Waals surface area contributed by atoms with Gasteiger partial charge in [0, 0.05) is 20.2 Å². The molecule has 1 heterocycles. The van der Waals surface area contributed by atoms with Gasteiger partial charge in [-0.05, 0) is 63.7 Å². The molecule has 0 nitrogen and oxygen atoms in total. The summed E-state index contributed by atoms with van der Waals surface area (Å²) in [6.07, 6.45) is 0. The van der Waals surface area contributed by atoms with Crippen molar-refractivity contribution in [2.45, 2.75) is 6.92 Å². The molecule has 5 aromatic carbocycles. The fourth-order valence-corrected chi connectivity index (χ4v) is 5.57. The van der Waals surface area contributed by atoms with Crippen molar-refractivity contribution < 1.29 is 0 Å². The van der Waals surface area contributed by atoms with E-state index in [9.17, 15) is 0 Å². The van der Waals surface area contributed by atoms with Gasteiger partial charge in [-0.3, -0.25) is 0 Å². The van der Waals surface area contributed by atoms with Gasteiger partial charge >= 0.3 is 0 Å². The lowest BCUT2D eigenvalue weighted by atomic mass is 9.94. The van der Waals surface area contributed by atoms with Crippen LogP contribution in [0.1, 0.15) is 5.56 Å². The van der Waals surface area contributed by atoms with E-state index >= 15 is 0 Å². The van der Waals surface area contributed by atoms with Crippen molar-refractivity contribution in [1.29, 1.82) is 0 Å². The number of rotatable bonds is 2. The first kappa shape index (κ1) is 17.4. The minimum Gasteiger partial charge on any atom is -0.135 e. The maximum Gasteiger partial charge on any atom is 0.0355 e. The van der Waals surface area contributed by atoms with Crippen LogP contribution in [0, 0.1) is 6.92 Å². The van der Waals surface area contributed by atoms with Gasteiger partial charge in [-0.1, -0.05) is 84.9 Å². The summed E-state index contributed by atoms with van der Waals surface area (Å²) in [6, 6.07) is 37.6. The molecule has 0 spiro atoms. The van der Waals surface area contributed by atoms with Crippen LogP contribution in [0.2, 0.25) is 0 Å². The fraction of sp³-hybridized carbons (Fsp3) is 0.0345. The van der Waals surface area contributed by atoms with E-state index < -0.39 is 0 Å². The summed E-state index contributed by atoms with van der Waals surface area (Å²) in [5, 5.41) is 5.32. The second-order valence-electron chi connectivity index (χ2n) is 7.85. The monoisotopic (exact) mass is 400 g/mol. The largest absolute Gasteiger partial charge is 0.135 e. The Morgan fingerprint density at radius 2 is 1.17 bits per heavy atom. The molecule has 0 radical (unpaired) electrons. The van der Waals surface area contributed by atoms with Gasteiger partial charge in [0.05, 0.1) is 0 Å². The third-order valence-electron chi connectivity index (χ3n) is 6.10. The summed E-state index contributed by atoms with van der Waals surface area (Å²) in [5.74, 6) is 0. The molecule has 1 aromatic heterocycles. The van der Waals surface area contributed by atoms with E-state index in [4.69, 9.17) is 0 Å². The van der Waals surface area contributed by atoms with Crippen molar-refractivity contribution >= 4 is 42.3 Å². The molecular formula is C29H20S. The number of benzene rings is 5. The van der Waals surface area contributed by atoms with Crippen LogP contribution in [0.15, 0.2) is 103 Å². The molecular weight excluding hydrogens is 380 g/mol. The Hall–Kier alpha value is -3.42. The zero-order valence-corrected chi connectivity index (χ0v) is 17.5. The SMILES string of the molecule is Cc1c(-c2ccc(-c3ccc4sc5ccccc5c4c3)cc2)ccc2ccccc12. The fourth-order valence-electron chi connectivity index (χ4n) is 4.49. The molecule has 0 N–H and O–H groups in total. The maximum atomic E-state index is 2.34. The molecule has 6 rings (SSSR count). The molecule has 6 aromatic rings. The zero-order chi connectivity index (χ0) is 20.1. The van der Waals surface area contributed by atoms with Crippen LogP contribution < -0.4 is 0 Å². The Morgan fingerprint density at radius 3 is 2.03 bits per heavy atom. The highest BCUT2D eigenvalue weighted by molar-refractivity contribution is 7.25. The summed E-state index contributed by atoms with van der Waals surface area (Å²) >= 11 is 1.87. The van der Waals surface area contributed by atoms with Gasteiger partial charge in [0.2, 0.25) is 0 Å². The first-order valence-corrected chi connectivity index (χ1v) is 11.1. The number of hydrogen-bond donors (Lipinski definition) is 0. The molecule has 0 aliphatic rings. The van der Waals surface area contributed by atoms with Gasteiger partial charge in [0.1, 0.15) is 0 Å². The summed E-state index contributed by atoms with van der Waals surface area (Å²) in [6.45, 7) is 2.22. The average Bonchev–Trinajstić information content (AvgIpc) is 3.18. The minimum absolute atomic E-state index is 1.26. The van der Waals surface area contributed by atoms with E-state index in [-0.39, 0.29) is 0 Å². The normalized spacial score (nSPS) is 11.5. The third-order valence-corrected chi connectivity index (χ3v) is 7.26. The van der Waals surface area contributed by atoms with Gasteiger partial charge in [-0.15, -0.1) is 11.3 Å². The van der Waals surface area contributed by atoms with Crippen molar-refractivity contribution in [3.05, 3.63) is 109 Å². The van der Waals surface area contributed by atoms with Crippen LogP contribution in [0.5, 0.6) is 0 Å². The predicted octanol–water partition coefficient (Wildman–Crippen LogP) is 8.85. The summed E-state index contributed by atoms with van der Waals surface area (Å²) in [5.41, 5.74) is 6.44. The van der Waals surface area contributed by atoms with Crippen LogP contribution >= 0.6 is 11.3 Å². The lowest BCUT2D eigenvalue weighted by Gasteiger charge is -2.11. The minimum atomic E-state index is 1.26. The lowest BCUT2D eigenvalue weighted by molar-refractivity contribution is 1.50. The van der Waals surface area contributed by atoms with Gasteiger partial charge < -0.3 is 0 Å². The highest BCUT2D eigenvalue weighted by Gasteiger charge is 2.08. The Bertz CT molecular complexity index is 1530. The van der Waals surface area contributed by atoms with Crippen molar-refractivity contribution in [3.8, 4) is 22.3 Å². The molecule has 1 heteroatoms. The first-order valence-electron chi connectivity index (χ1n) is 10.3. The van der Waals surface area contributed by atoms with E-state index in [1.165, 1.54) is 58.8 Å². The van der Waals surface area contributed by atoms with Crippen molar-refractivity contribution in [2.24, 2.45) is 0 Å². The number of thiophene rings is 1. The highest BCUT2D eigenvalue weighted by Crippen LogP contribution is 2.37. The van der Waals surface area contributed by atoms with Gasteiger partial charge in [0.25, 0.3) is 0 Å². The van der Waals surface area contributed by atoms with E-state index in [0.717, 1.165) is 0 Å². The molecule has 0 atom stereocenters. The van der Waals surface area contributed by atoms with Crippen molar-refractivity contribution in [1.82, 2.24) is 0 Å². The molecule has 0 unspecified atom stereocenters. The van der Waals surface area contributed by atoms with Crippen LogP contribution in [0.3, 0.4) is 0 Å². The van der Waals surface area contributed by atoms with E-state index in [0.29, 0.717) is 0 Å². The topological polar surface area (TPSA) is 0 Å². The molecule has 0 aliphatic heterocycles. The smallest absolute Gasteiger partial charge is 0.0355 e. The Labute approximate surface area is 180 Å². The summed E-state index contributed by atoms with van der Waals surface area (Å²) in [7, 11) is 0. The second kappa shape index (κ2) is 6.83. The number of aryl methyl sites for hydroxylation is 1. The lowest BCUT2D eigenvalue weighted by Crippen LogP contribution is -1.86. The van der Waals surface area contributed by atoms with Crippen LogP contribution in [0.25, 0.3) is 53.2 Å². The molecule has 0 fully saturated rings. The van der Waals surface area contributed by atoms with Gasteiger partial charge in [-0.2, -0.15) is 0 Å². The van der Waals surface area contributed by atoms with E-state index in [1.807, 2.05) is 11.3 Å². The molecule has 30 heavy (non-hydrogen) atoms. The van der Waals surface area contributed by atoms with Crippen molar-refractivity contribution in [2.75, 3.05) is 0 Å². The number of fused-ring (bicyclic) bond motifs is 4. The summed E-state index contributed by atoms with van der Waals surface area (Å²) < 4.78 is 2.70. The number of hydrogen-bond acceptors (Lipinski definition) is 1. The van der Waals surface area contributed by atoms with Crippen molar-refractivity contribution in [3.63, 3.8) is 0 Å². The molecule has 0 saturated heterocycles. The van der Waals surface area contributed by atoms with Gasteiger partial charge in [-0.25, -0.2) is 0 Å². The third kappa shape index (κ3) is 2.74. The molecule has 0 aliphatic carbocycles. The molecule has 0 saturated carbocycles. The van der Waals surface area contributed by atoms with Gasteiger partial charge in [0.15, 0.2) is 0 Å². The maximum absolute atomic E-state index is 2.34. The summed E-state index contributed by atoms with van der Waals surface area (Å²) in [4.78, 5) is 0. The van der Waals surface area contributed by atoms with E-state index in [1.54, 1.807) is 0 Å². The standard InChI is InChI=1S/C29H20S/c1-19-24-7-3-2-6-21(24)14-16-25(19)22-12-10-20(11-13-22)23-15-17-29-27(18-23)26-8-4-5-9-28(26)30-29/h2-18H,1H3. The average molecular weight is 401 g/mol. The zero-order valence-electron chi connectivity index (χ0n) is 16.7. The molecule has 142 valence electrons. The molecule has 0 bridgehead atoms. The van der Waals surface area contributed by atoms with Crippen LogP contribution in [-0.4, -0.2) is 0 Å². The van der Waals surface area contributed by atoms with Crippen LogP contribution in [0.4, 0.5) is 0 Å². The van der Waals surface area contributed by atoms with Crippen LogP contribution in [-0.2, 0) is 0 Å². The predicted molar refractivity (Wildman–Crippen MR) is 132 cm³/mol. The van der Waals surface area contributed by atoms with E-state index in [2.05, 4.69) is 110 Å². The molecule has 0 amide bonds. The second-order valence-corrected chi connectivity index (χ2v) is 8.93. The first-order chi connectivity index (χ1) is 14.8. The Kier molecular flexibility index (Phi) is 3.97. The Balaban J connectivity index is 1.43.